The van der Waals surface area contributed by atoms with Gasteiger partial charge in [0.2, 0.25) is 0 Å². The minimum atomic E-state index is -0.443. The molecule has 0 bridgehead atoms. The second kappa shape index (κ2) is 8.51. The maximum atomic E-state index is 12.4. The quantitative estimate of drug-likeness (QED) is 0.229. The van der Waals surface area contributed by atoms with Gasteiger partial charge in [0, 0.05) is 6.54 Å². The lowest BCUT2D eigenvalue weighted by molar-refractivity contribution is -0.121. The number of esters is 1. The van der Waals surface area contributed by atoms with Crippen LogP contribution in [0.25, 0.3) is 6.08 Å². The molecule has 1 aliphatic heterocycles. The highest BCUT2D eigenvalue weighted by atomic mass is 32.2. The first-order valence-electron chi connectivity index (χ1n) is 7.83. The van der Waals surface area contributed by atoms with Crippen molar-refractivity contribution in [1.29, 1.82) is 0 Å². The molecule has 2 heterocycles. The fourth-order valence-corrected chi connectivity index (χ4v) is 4.21. The van der Waals surface area contributed by atoms with Crippen LogP contribution in [0.15, 0.2) is 53.3 Å². The summed E-state index contributed by atoms with van der Waals surface area (Å²) in [4.78, 5) is 27.1. The number of hydrogen-bond acceptors (Lipinski definition) is 7. The number of rotatable bonds is 6. The zero-order valence-corrected chi connectivity index (χ0v) is 16.8. The Hall–Kier alpha value is -2.42. The van der Waals surface area contributed by atoms with Crippen molar-refractivity contribution < 1.29 is 19.1 Å². The van der Waals surface area contributed by atoms with Gasteiger partial charge in [-0.2, -0.15) is 0 Å². The molecular weight excluding hydrogens is 402 g/mol. The van der Waals surface area contributed by atoms with Gasteiger partial charge in [-0.05, 0) is 35.2 Å². The van der Waals surface area contributed by atoms with Crippen LogP contribution in [0.4, 0.5) is 0 Å². The van der Waals surface area contributed by atoms with Crippen LogP contribution in [0.2, 0.25) is 0 Å². The molecule has 8 heteroatoms. The number of carbonyl (C=O) groups excluding carboxylic acids is 2. The number of methoxy groups -OCH3 is 1. The Morgan fingerprint density at radius 1 is 1.33 bits per heavy atom. The van der Waals surface area contributed by atoms with Gasteiger partial charge in [0.05, 0.1) is 12.0 Å². The molecule has 0 atom stereocenters. The lowest BCUT2D eigenvalue weighted by Gasteiger charge is -2.10. The average molecular weight is 418 g/mol. The summed E-state index contributed by atoms with van der Waals surface area (Å²) in [5, 5.41) is 1.81. The summed E-state index contributed by atoms with van der Waals surface area (Å²) < 4.78 is 11.2. The summed E-state index contributed by atoms with van der Waals surface area (Å²) in [5.41, 5.74) is 0.738. The van der Waals surface area contributed by atoms with Crippen LogP contribution >= 0.6 is 35.3 Å². The molecule has 1 aromatic carbocycles. The lowest BCUT2D eigenvalue weighted by Crippen LogP contribution is -2.27. The second-order valence-electron chi connectivity index (χ2n) is 5.36. The molecule has 1 amide bonds. The first-order valence-corrected chi connectivity index (χ1v) is 9.94. The molecule has 1 aliphatic rings. The number of ether oxygens (including phenoxy) is 2. The maximum absolute atomic E-state index is 12.4. The first-order chi connectivity index (χ1) is 13.0. The Kier molecular flexibility index (Phi) is 6.10. The number of carbonyl (C=O) groups is 2. The number of benzene rings is 1. The third kappa shape index (κ3) is 4.29. The highest BCUT2D eigenvalue weighted by Crippen LogP contribution is 2.35. The van der Waals surface area contributed by atoms with E-state index in [4.69, 9.17) is 21.7 Å². The zero-order chi connectivity index (χ0) is 19.4. The summed E-state index contributed by atoms with van der Waals surface area (Å²) in [5.74, 6) is 0.112. The number of amides is 1. The topological polar surface area (TPSA) is 55.8 Å². The van der Waals surface area contributed by atoms with Gasteiger partial charge in [-0.15, -0.1) is 17.9 Å². The van der Waals surface area contributed by atoms with Crippen molar-refractivity contribution in [3.8, 4) is 11.5 Å². The minimum Gasteiger partial charge on any atom is -0.493 e. The highest BCUT2D eigenvalue weighted by Gasteiger charge is 2.31. The van der Waals surface area contributed by atoms with E-state index in [1.165, 1.54) is 35.1 Å². The number of nitrogens with zero attached hydrogens (tertiary/aromatic N) is 1. The van der Waals surface area contributed by atoms with Gasteiger partial charge in [-0.1, -0.05) is 42.2 Å². The first kappa shape index (κ1) is 19.3. The highest BCUT2D eigenvalue weighted by molar-refractivity contribution is 8.26. The van der Waals surface area contributed by atoms with Gasteiger partial charge < -0.3 is 9.47 Å². The summed E-state index contributed by atoms with van der Waals surface area (Å²) in [6.45, 7) is 4.01. The van der Waals surface area contributed by atoms with Crippen LogP contribution in [-0.2, 0) is 4.79 Å². The van der Waals surface area contributed by atoms with Crippen LogP contribution < -0.4 is 9.47 Å². The van der Waals surface area contributed by atoms with E-state index < -0.39 is 5.97 Å². The van der Waals surface area contributed by atoms with Crippen LogP contribution in [0, 0.1) is 0 Å². The van der Waals surface area contributed by atoms with Crippen LogP contribution in [0.5, 0.6) is 11.5 Å². The molecular formula is C19H15NO4S3. The maximum Gasteiger partial charge on any atom is 0.353 e. The molecule has 0 saturated carbocycles. The summed E-state index contributed by atoms with van der Waals surface area (Å²) >= 11 is 7.77. The molecule has 1 saturated heterocycles. The second-order valence-corrected chi connectivity index (χ2v) is 7.98. The molecule has 1 fully saturated rings. The molecule has 2 aromatic rings. The Morgan fingerprint density at radius 3 is 2.81 bits per heavy atom. The van der Waals surface area contributed by atoms with E-state index in [2.05, 4.69) is 6.58 Å². The van der Waals surface area contributed by atoms with Crippen LogP contribution in [0.1, 0.15) is 15.2 Å². The molecule has 27 heavy (non-hydrogen) atoms. The average Bonchev–Trinajstić information content (AvgIpc) is 3.28. The van der Waals surface area contributed by atoms with E-state index in [0.29, 0.717) is 32.1 Å². The predicted octanol–water partition coefficient (Wildman–Crippen LogP) is 4.36. The molecule has 5 nitrogen and oxygen atoms in total. The van der Waals surface area contributed by atoms with Crippen molar-refractivity contribution in [3.05, 3.63) is 63.7 Å². The molecule has 0 N–H and O–H groups in total. The minimum absolute atomic E-state index is 0.155. The third-order valence-corrected chi connectivity index (χ3v) is 5.82. The summed E-state index contributed by atoms with van der Waals surface area (Å²) in [6, 6.07) is 8.57. The van der Waals surface area contributed by atoms with Crippen molar-refractivity contribution in [1.82, 2.24) is 4.90 Å². The van der Waals surface area contributed by atoms with Crippen LogP contribution in [-0.4, -0.2) is 34.8 Å². The number of hydrogen-bond donors (Lipinski definition) is 0. The molecule has 0 spiro atoms. The fraction of sp³-hybridized carbons (Fsp3) is 0.105. The van der Waals surface area contributed by atoms with Crippen LogP contribution in [0.3, 0.4) is 0 Å². The Labute approximate surface area is 170 Å². The van der Waals surface area contributed by atoms with Gasteiger partial charge in [0.15, 0.2) is 11.5 Å². The predicted molar refractivity (Wildman–Crippen MR) is 112 cm³/mol. The fourth-order valence-electron chi connectivity index (χ4n) is 2.34. The lowest BCUT2D eigenvalue weighted by atomic mass is 10.2. The molecule has 0 radical (unpaired) electrons. The van der Waals surface area contributed by atoms with E-state index in [1.807, 2.05) is 0 Å². The largest absolute Gasteiger partial charge is 0.493 e. The standard InChI is InChI=1S/C19H15NO4S3/c1-3-8-20-17(21)16(27-19(20)25)11-12-6-7-13(14(10-12)23-2)24-18(22)15-5-4-9-26-15/h3-7,9-11H,1,8H2,2H3. The van der Waals surface area contributed by atoms with E-state index >= 15 is 0 Å². The normalized spacial score (nSPS) is 15.3. The van der Waals surface area contributed by atoms with Gasteiger partial charge in [0.25, 0.3) is 5.91 Å². The zero-order valence-electron chi connectivity index (χ0n) is 14.3. The van der Waals surface area contributed by atoms with Crippen molar-refractivity contribution in [2.45, 2.75) is 0 Å². The van der Waals surface area contributed by atoms with Gasteiger partial charge in [0.1, 0.15) is 9.20 Å². The molecule has 0 unspecified atom stereocenters. The van der Waals surface area contributed by atoms with E-state index in [1.54, 1.807) is 47.9 Å². The van der Waals surface area contributed by atoms with Crippen molar-refractivity contribution in [2.75, 3.05) is 13.7 Å². The molecule has 0 aliphatic carbocycles. The Morgan fingerprint density at radius 2 is 2.15 bits per heavy atom. The van der Waals surface area contributed by atoms with E-state index in [-0.39, 0.29) is 5.91 Å². The van der Waals surface area contributed by atoms with Gasteiger partial charge in [-0.25, -0.2) is 4.79 Å². The van der Waals surface area contributed by atoms with Gasteiger partial charge in [-0.3, -0.25) is 9.69 Å². The van der Waals surface area contributed by atoms with Crippen molar-refractivity contribution in [2.24, 2.45) is 0 Å². The van der Waals surface area contributed by atoms with Crippen molar-refractivity contribution in [3.63, 3.8) is 0 Å². The molecule has 3 rings (SSSR count). The third-order valence-electron chi connectivity index (χ3n) is 3.60. The number of thiocarbonyl (C=S) groups is 1. The summed E-state index contributed by atoms with van der Waals surface area (Å²) in [6.07, 6.45) is 3.36. The Balaban J connectivity index is 1.82. The van der Waals surface area contributed by atoms with Gasteiger partial charge >= 0.3 is 5.97 Å². The summed E-state index contributed by atoms with van der Waals surface area (Å²) in [7, 11) is 1.49. The van der Waals surface area contributed by atoms with E-state index in [9.17, 15) is 9.59 Å². The number of thioether (sulfide) groups is 1. The molecule has 138 valence electrons. The number of thiophene rings is 1. The van der Waals surface area contributed by atoms with Crippen molar-refractivity contribution >= 4 is 57.6 Å². The monoisotopic (exact) mass is 417 g/mol. The molecule has 1 aromatic heterocycles. The smallest absolute Gasteiger partial charge is 0.353 e. The SMILES string of the molecule is C=CCN1C(=O)C(=Cc2ccc(OC(=O)c3cccs3)c(OC)c2)SC1=S. The Bertz CT molecular complexity index is 934. The van der Waals surface area contributed by atoms with E-state index in [0.717, 1.165) is 5.56 Å².